The van der Waals surface area contributed by atoms with Gasteiger partial charge in [0, 0.05) is 6.04 Å². The van der Waals surface area contributed by atoms with Crippen molar-refractivity contribution in [3.8, 4) is 0 Å². The second kappa shape index (κ2) is 15.3. The standard InChI is InChI=1S/C18H15P.C4H11N.2ClH.Pt/c1-4-10-16(11-5-1)19(17-12-6-2-7-13-17)18-14-8-3-9-15-18;1-3-4(2)5;;;/h1-15H;4H,3,5H2,1-2H3;2*1H;/q;;;;+2/p-1. The monoisotopic (exact) mass is 601 g/mol. The Morgan fingerprint density at radius 3 is 1.15 bits per heavy atom. The largest absolute Gasteiger partial charge is 0.102 e. The van der Waals surface area contributed by atoms with Crippen LogP contribution >= 0.6 is 26.8 Å². The van der Waals surface area contributed by atoms with Gasteiger partial charge in [-0.1, -0.05) is 61.5 Å². The molecule has 5 heteroatoms. The van der Waals surface area contributed by atoms with Crippen molar-refractivity contribution in [3.05, 3.63) is 91.0 Å². The third kappa shape index (κ3) is 9.89. The van der Waals surface area contributed by atoms with Gasteiger partial charge in [-0.15, -0.1) is 0 Å². The molecule has 1 atom stereocenters. The quantitative estimate of drug-likeness (QED) is 0.404. The summed E-state index contributed by atoms with van der Waals surface area (Å²) in [6, 6.07) is 32.9. The molecule has 148 valence electrons. The van der Waals surface area contributed by atoms with Gasteiger partial charge < -0.3 is 5.73 Å². The summed E-state index contributed by atoms with van der Waals surface area (Å²) >= 11 is -0.472. The van der Waals surface area contributed by atoms with Crippen molar-refractivity contribution in [3.63, 3.8) is 0 Å². The van der Waals surface area contributed by atoms with E-state index in [1.54, 1.807) is 0 Å². The number of rotatable bonds is 4. The van der Waals surface area contributed by atoms with E-state index in [0.717, 1.165) is 6.42 Å². The molecule has 0 aliphatic carbocycles. The summed E-state index contributed by atoms with van der Waals surface area (Å²) in [7, 11) is 8.87. The molecule has 0 aromatic heterocycles. The number of halogens is 2. The Hall–Kier alpha value is -0.682. The van der Waals surface area contributed by atoms with Crippen LogP contribution in [0.25, 0.3) is 0 Å². The fourth-order valence-electron chi connectivity index (χ4n) is 2.31. The van der Waals surface area contributed by atoms with E-state index in [0.29, 0.717) is 6.04 Å². The van der Waals surface area contributed by atoms with E-state index in [1.165, 1.54) is 15.9 Å². The molecular formula is C22H27Cl2NPPt+. The van der Waals surface area contributed by atoms with Gasteiger partial charge in [-0.25, -0.2) is 0 Å². The molecule has 0 spiro atoms. The Morgan fingerprint density at radius 2 is 0.963 bits per heavy atom. The van der Waals surface area contributed by atoms with Crippen LogP contribution in [-0.4, -0.2) is 6.04 Å². The molecule has 0 amide bonds. The first-order valence-corrected chi connectivity index (χ1v) is 15.9. The summed E-state index contributed by atoms with van der Waals surface area (Å²) in [4.78, 5) is 0. The van der Waals surface area contributed by atoms with E-state index >= 15 is 0 Å². The van der Waals surface area contributed by atoms with Crippen LogP contribution in [0.4, 0.5) is 0 Å². The first kappa shape index (κ1) is 24.4. The normalized spacial score (nSPS) is 11.0. The Morgan fingerprint density at radius 1 is 0.741 bits per heavy atom. The van der Waals surface area contributed by atoms with Crippen molar-refractivity contribution in [1.82, 2.24) is 0 Å². The maximum Gasteiger partial charge on any atom is 0.102 e. The van der Waals surface area contributed by atoms with Gasteiger partial charge >= 0.3 is 35.3 Å². The summed E-state index contributed by atoms with van der Waals surface area (Å²) < 4.78 is 0. The molecule has 0 saturated heterocycles. The van der Waals surface area contributed by atoms with Crippen LogP contribution in [-0.2, 0) is 16.5 Å². The second-order valence-electron chi connectivity index (χ2n) is 5.90. The maximum absolute atomic E-state index is 5.29. The number of hydrogen-bond acceptors (Lipinski definition) is 1. The van der Waals surface area contributed by atoms with E-state index in [1.807, 2.05) is 6.92 Å². The fourth-order valence-corrected chi connectivity index (χ4v) is 4.89. The molecule has 0 bridgehead atoms. The summed E-state index contributed by atoms with van der Waals surface area (Å²) in [5.74, 6) is 0. The summed E-state index contributed by atoms with van der Waals surface area (Å²) in [5.41, 5.74) is 5.29. The van der Waals surface area contributed by atoms with Crippen LogP contribution in [0.5, 0.6) is 0 Å². The van der Waals surface area contributed by atoms with Crippen LogP contribution in [0, 0.1) is 0 Å². The third-order valence-corrected chi connectivity index (χ3v) is 6.56. The Bertz CT molecular complexity index is 618. The van der Waals surface area contributed by atoms with Crippen LogP contribution in [0.15, 0.2) is 91.0 Å². The average Bonchev–Trinajstić information content (AvgIpc) is 2.72. The molecule has 27 heavy (non-hydrogen) atoms. The number of nitrogens with two attached hydrogens (primary N) is 1. The topological polar surface area (TPSA) is 26.0 Å². The van der Waals surface area contributed by atoms with Crippen LogP contribution in [0.3, 0.4) is 0 Å². The Balaban J connectivity index is 0.000000390. The molecule has 3 aromatic rings. The van der Waals surface area contributed by atoms with E-state index in [9.17, 15) is 0 Å². The molecule has 0 aliphatic rings. The minimum atomic E-state index is -0.877. The van der Waals surface area contributed by atoms with Gasteiger partial charge in [-0.2, -0.15) is 0 Å². The minimum absolute atomic E-state index is 0.384. The minimum Gasteiger partial charge on any atom is -0.0620 e. The maximum atomic E-state index is 5.29. The molecule has 3 aromatic carbocycles. The molecule has 0 aliphatic heterocycles. The molecule has 0 radical (unpaired) electrons. The van der Waals surface area contributed by atoms with E-state index in [4.69, 9.17) is 24.6 Å². The van der Waals surface area contributed by atoms with Crippen LogP contribution in [0.2, 0.25) is 0 Å². The van der Waals surface area contributed by atoms with Gasteiger partial charge in [0.2, 0.25) is 0 Å². The van der Waals surface area contributed by atoms with E-state index in [-0.39, 0.29) is 0 Å². The smallest absolute Gasteiger partial charge is 0.0620 e. The molecule has 0 heterocycles. The summed E-state index contributed by atoms with van der Waals surface area (Å²) in [5, 5.41) is 4.31. The van der Waals surface area contributed by atoms with Gasteiger partial charge in [0.05, 0.1) is 7.92 Å². The second-order valence-corrected chi connectivity index (χ2v) is 11.7. The number of benzene rings is 3. The van der Waals surface area contributed by atoms with Gasteiger partial charge in [-0.05, 0) is 49.7 Å². The molecule has 0 fully saturated rings. The predicted molar refractivity (Wildman–Crippen MR) is 122 cm³/mol. The molecule has 3 rings (SSSR count). The molecule has 0 saturated carbocycles. The predicted octanol–water partition coefficient (Wildman–Crippen LogP) is 5.30. The zero-order valence-corrected chi connectivity index (χ0v) is 20.4. The van der Waals surface area contributed by atoms with Crippen molar-refractivity contribution in [2.45, 2.75) is 26.3 Å². The first-order valence-electron chi connectivity index (χ1n) is 8.75. The fraction of sp³-hybridized carbons (Fsp3) is 0.182. The molecule has 1 nitrogen and oxygen atoms in total. The van der Waals surface area contributed by atoms with Gasteiger partial charge in [0.1, 0.15) is 15.9 Å². The van der Waals surface area contributed by atoms with Crippen LogP contribution in [0.1, 0.15) is 20.3 Å². The molecular weight excluding hydrogens is 575 g/mol. The number of hydrogen-bond donors (Lipinski definition) is 1. The Kier molecular flexibility index (Phi) is 13.8. The van der Waals surface area contributed by atoms with E-state index < -0.39 is 24.4 Å². The summed E-state index contributed by atoms with van der Waals surface area (Å²) in [6.07, 6.45) is 1.08. The van der Waals surface area contributed by atoms with E-state index in [2.05, 4.69) is 97.9 Å². The Labute approximate surface area is 181 Å². The third-order valence-electron chi connectivity index (χ3n) is 3.83. The molecule has 1 unspecified atom stereocenters. The zero-order valence-electron chi connectivity index (χ0n) is 15.6. The first-order chi connectivity index (χ1) is 13.1. The molecule has 2 N–H and O–H groups in total. The van der Waals surface area contributed by atoms with Gasteiger partial charge in [-0.3, -0.25) is 0 Å². The van der Waals surface area contributed by atoms with Crippen molar-refractivity contribution in [2.24, 2.45) is 5.73 Å². The van der Waals surface area contributed by atoms with Crippen molar-refractivity contribution < 1.29 is 16.5 Å². The zero-order chi connectivity index (χ0) is 19.9. The van der Waals surface area contributed by atoms with Crippen LogP contribution < -0.4 is 21.6 Å². The SMILES string of the molecule is CCC(C)N.[Cl][Pt][Cl].c1ccc([PH+](c2ccccc2)c2ccccc2)cc1. The van der Waals surface area contributed by atoms with Gasteiger partial charge in [0.15, 0.2) is 0 Å². The van der Waals surface area contributed by atoms with Crippen molar-refractivity contribution >= 4 is 42.7 Å². The van der Waals surface area contributed by atoms with Crippen molar-refractivity contribution in [2.75, 3.05) is 0 Å². The average molecular weight is 602 g/mol. The van der Waals surface area contributed by atoms with Gasteiger partial charge in [0.25, 0.3) is 0 Å². The summed E-state index contributed by atoms with van der Waals surface area (Å²) in [6.45, 7) is 4.07. The van der Waals surface area contributed by atoms with Crippen molar-refractivity contribution in [1.29, 1.82) is 0 Å².